The Bertz CT molecular complexity index is 811. The van der Waals surface area contributed by atoms with E-state index in [9.17, 15) is 17.6 Å². The lowest BCUT2D eigenvalue weighted by molar-refractivity contribution is -0.116. The van der Waals surface area contributed by atoms with Crippen molar-refractivity contribution in [1.82, 2.24) is 0 Å². The first-order valence-corrected chi connectivity index (χ1v) is 8.48. The summed E-state index contributed by atoms with van der Waals surface area (Å²) in [6.07, 6.45) is 1.02. The standard InChI is InChI=1S/C17H17FO4S/c1-12-3-8-15(18)11-17(12)23(20,21)22-16-9-6-14(7-10-16)5-4-13(2)19/h3,6-11H,4-5H2,1-2H3. The molecule has 6 heteroatoms. The smallest absolute Gasteiger partial charge is 0.339 e. The SMILES string of the molecule is CC(=O)CCc1ccc(OS(=O)(=O)c2cc(F)ccc2C)cc1. The van der Waals surface area contributed by atoms with Crippen molar-refractivity contribution in [2.75, 3.05) is 0 Å². The van der Waals surface area contributed by atoms with E-state index in [1.807, 2.05) is 0 Å². The van der Waals surface area contributed by atoms with Crippen LogP contribution < -0.4 is 4.18 Å². The Labute approximate surface area is 135 Å². The maximum Gasteiger partial charge on any atom is 0.339 e. The highest BCUT2D eigenvalue weighted by molar-refractivity contribution is 7.87. The lowest BCUT2D eigenvalue weighted by Crippen LogP contribution is -2.11. The topological polar surface area (TPSA) is 60.4 Å². The van der Waals surface area contributed by atoms with Crippen molar-refractivity contribution in [1.29, 1.82) is 0 Å². The average molecular weight is 336 g/mol. The Morgan fingerprint density at radius 1 is 1.13 bits per heavy atom. The normalized spacial score (nSPS) is 11.3. The predicted molar refractivity (Wildman–Crippen MR) is 84.4 cm³/mol. The molecule has 0 heterocycles. The third-order valence-electron chi connectivity index (χ3n) is 3.31. The molecule has 0 radical (unpaired) electrons. The van der Waals surface area contributed by atoms with Crippen LogP contribution in [0.15, 0.2) is 47.4 Å². The molecule has 0 aliphatic heterocycles. The lowest BCUT2D eigenvalue weighted by Gasteiger charge is -2.10. The van der Waals surface area contributed by atoms with Crippen LogP contribution in [0, 0.1) is 12.7 Å². The summed E-state index contributed by atoms with van der Waals surface area (Å²) in [4.78, 5) is 10.8. The van der Waals surface area contributed by atoms with Crippen LogP contribution in [0.1, 0.15) is 24.5 Å². The highest BCUT2D eigenvalue weighted by Crippen LogP contribution is 2.22. The Kier molecular flexibility index (Phi) is 5.15. The van der Waals surface area contributed by atoms with Gasteiger partial charge in [-0.25, -0.2) is 4.39 Å². The van der Waals surface area contributed by atoms with Crippen molar-refractivity contribution < 1.29 is 21.8 Å². The van der Waals surface area contributed by atoms with E-state index in [-0.39, 0.29) is 16.4 Å². The van der Waals surface area contributed by atoms with E-state index in [1.54, 1.807) is 19.1 Å². The van der Waals surface area contributed by atoms with Gasteiger partial charge < -0.3 is 8.98 Å². The molecule has 0 saturated carbocycles. The van der Waals surface area contributed by atoms with Gasteiger partial charge in [0.05, 0.1) is 0 Å². The number of hydrogen-bond acceptors (Lipinski definition) is 4. The van der Waals surface area contributed by atoms with Crippen molar-refractivity contribution in [2.24, 2.45) is 0 Å². The summed E-state index contributed by atoms with van der Waals surface area (Å²) in [5, 5.41) is 0. The molecule has 0 spiro atoms. The van der Waals surface area contributed by atoms with Gasteiger partial charge in [-0.15, -0.1) is 0 Å². The van der Waals surface area contributed by atoms with Gasteiger partial charge in [0.15, 0.2) is 0 Å². The molecule has 0 aromatic heterocycles. The maximum atomic E-state index is 13.3. The van der Waals surface area contributed by atoms with E-state index in [4.69, 9.17) is 4.18 Å². The van der Waals surface area contributed by atoms with Crippen LogP contribution in [0.3, 0.4) is 0 Å². The van der Waals surface area contributed by atoms with Crippen molar-refractivity contribution in [2.45, 2.75) is 31.6 Å². The van der Waals surface area contributed by atoms with E-state index in [0.717, 1.165) is 11.6 Å². The summed E-state index contributed by atoms with van der Waals surface area (Å²) in [5.41, 5.74) is 1.32. The molecule has 0 atom stereocenters. The molecule has 2 aromatic rings. The summed E-state index contributed by atoms with van der Waals surface area (Å²) in [7, 11) is -4.10. The number of carbonyl (C=O) groups is 1. The van der Waals surface area contributed by atoms with Crippen molar-refractivity contribution >= 4 is 15.9 Å². The highest BCUT2D eigenvalue weighted by Gasteiger charge is 2.20. The molecular formula is C17H17FO4S. The summed E-state index contributed by atoms with van der Waals surface area (Å²) in [5.74, 6) is -0.410. The van der Waals surface area contributed by atoms with Crippen molar-refractivity contribution in [3.63, 3.8) is 0 Å². The zero-order valence-electron chi connectivity index (χ0n) is 12.9. The molecule has 2 aromatic carbocycles. The number of hydrogen-bond donors (Lipinski definition) is 0. The number of aryl methyl sites for hydroxylation is 2. The Balaban J connectivity index is 2.17. The Morgan fingerprint density at radius 2 is 1.78 bits per heavy atom. The van der Waals surface area contributed by atoms with Gasteiger partial charge in [0, 0.05) is 6.42 Å². The number of carbonyl (C=O) groups excluding carboxylic acids is 1. The van der Waals surface area contributed by atoms with Crippen LogP contribution in [0.4, 0.5) is 4.39 Å². The maximum absolute atomic E-state index is 13.3. The minimum atomic E-state index is -4.10. The van der Waals surface area contributed by atoms with Gasteiger partial charge in [-0.05, 0) is 55.7 Å². The Morgan fingerprint density at radius 3 is 2.39 bits per heavy atom. The quantitative estimate of drug-likeness (QED) is 0.758. The largest absolute Gasteiger partial charge is 0.379 e. The first kappa shape index (κ1) is 17.1. The van der Waals surface area contributed by atoms with Crippen molar-refractivity contribution in [3.05, 3.63) is 59.4 Å². The molecule has 0 amide bonds. The predicted octanol–water partition coefficient (Wildman–Crippen LogP) is 3.42. The summed E-state index contributed by atoms with van der Waals surface area (Å²) in [6.45, 7) is 3.09. The fourth-order valence-corrected chi connectivity index (χ4v) is 3.22. The van der Waals surface area contributed by atoms with Gasteiger partial charge >= 0.3 is 10.1 Å². The number of halogens is 1. The third-order valence-corrected chi connectivity index (χ3v) is 4.70. The number of Topliss-reactive ketones (excluding diaryl/α,β-unsaturated/α-hetero) is 1. The van der Waals surface area contributed by atoms with E-state index < -0.39 is 15.9 Å². The molecule has 0 bridgehead atoms. The van der Waals surface area contributed by atoms with Crippen LogP contribution in [0.5, 0.6) is 5.75 Å². The number of ketones is 1. The molecule has 4 nitrogen and oxygen atoms in total. The number of rotatable bonds is 6. The van der Waals surface area contributed by atoms with Crippen LogP contribution in [0.2, 0.25) is 0 Å². The van der Waals surface area contributed by atoms with Gasteiger partial charge in [0.2, 0.25) is 0 Å². The van der Waals surface area contributed by atoms with E-state index >= 15 is 0 Å². The van der Waals surface area contributed by atoms with Crippen LogP contribution in [0.25, 0.3) is 0 Å². The molecule has 122 valence electrons. The molecule has 0 N–H and O–H groups in total. The average Bonchev–Trinajstić information content (AvgIpc) is 2.48. The van der Waals surface area contributed by atoms with Gasteiger partial charge in [0.25, 0.3) is 0 Å². The summed E-state index contributed by atoms with van der Waals surface area (Å²) >= 11 is 0. The van der Waals surface area contributed by atoms with Gasteiger partial charge in [0.1, 0.15) is 22.2 Å². The number of benzene rings is 2. The fraction of sp³-hybridized carbons (Fsp3) is 0.235. The summed E-state index contributed by atoms with van der Waals surface area (Å²) in [6, 6.07) is 9.95. The molecule has 0 fully saturated rings. The highest BCUT2D eigenvalue weighted by atomic mass is 32.2. The van der Waals surface area contributed by atoms with E-state index in [2.05, 4.69) is 0 Å². The Hall–Kier alpha value is -2.21. The lowest BCUT2D eigenvalue weighted by atomic mass is 10.1. The minimum Gasteiger partial charge on any atom is -0.379 e. The first-order chi connectivity index (χ1) is 10.8. The van der Waals surface area contributed by atoms with Crippen LogP contribution in [-0.4, -0.2) is 14.2 Å². The van der Waals surface area contributed by atoms with Crippen LogP contribution in [-0.2, 0) is 21.3 Å². The second-order valence-corrected chi connectivity index (χ2v) is 6.81. The van der Waals surface area contributed by atoms with Gasteiger partial charge in [-0.1, -0.05) is 18.2 Å². The monoisotopic (exact) mass is 336 g/mol. The molecule has 0 saturated heterocycles. The zero-order valence-corrected chi connectivity index (χ0v) is 13.7. The zero-order chi connectivity index (χ0) is 17.0. The molecule has 0 aliphatic carbocycles. The first-order valence-electron chi connectivity index (χ1n) is 7.07. The third kappa shape index (κ3) is 4.63. The van der Waals surface area contributed by atoms with Crippen molar-refractivity contribution in [3.8, 4) is 5.75 Å². The molecule has 0 unspecified atom stereocenters. The van der Waals surface area contributed by atoms with Crippen LogP contribution >= 0.6 is 0 Å². The fourth-order valence-electron chi connectivity index (χ4n) is 2.05. The minimum absolute atomic E-state index is 0.0921. The van der Waals surface area contributed by atoms with E-state index in [1.165, 1.54) is 31.2 Å². The molecule has 23 heavy (non-hydrogen) atoms. The molecular weight excluding hydrogens is 319 g/mol. The van der Waals surface area contributed by atoms with E-state index in [0.29, 0.717) is 18.4 Å². The molecule has 2 rings (SSSR count). The van der Waals surface area contributed by atoms with Gasteiger partial charge in [-0.2, -0.15) is 8.42 Å². The second kappa shape index (κ2) is 6.91. The summed E-state index contributed by atoms with van der Waals surface area (Å²) < 4.78 is 42.8. The van der Waals surface area contributed by atoms with Gasteiger partial charge in [-0.3, -0.25) is 0 Å². The second-order valence-electron chi connectivity index (χ2n) is 5.29. The molecule has 0 aliphatic rings.